The minimum absolute atomic E-state index is 0.0457. The van der Waals surface area contributed by atoms with Crippen LogP contribution in [0, 0.1) is 5.92 Å². The van der Waals surface area contributed by atoms with Gasteiger partial charge in [-0.05, 0) is 24.0 Å². The lowest BCUT2D eigenvalue weighted by Gasteiger charge is -2.20. The number of rotatable bonds is 7. The number of anilines is 1. The highest BCUT2D eigenvalue weighted by molar-refractivity contribution is 8.00. The second kappa shape index (κ2) is 9.55. The maximum atomic E-state index is 12.1. The molecular formula is C18H22ClN3OS2. The zero-order valence-corrected chi connectivity index (χ0v) is 16.4. The molecule has 4 nitrogen and oxygen atoms in total. The molecule has 0 unspecified atom stereocenters. The van der Waals surface area contributed by atoms with Crippen molar-refractivity contribution in [2.24, 2.45) is 5.92 Å². The Balaban J connectivity index is 1.43. The van der Waals surface area contributed by atoms with Crippen LogP contribution in [0.2, 0.25) is 5.02 Å². The highest BCUT2D eigenvalue weighted by Crippen LogP contribution is 2.31. The van der Waals surface area contributed by atoms with E-state index in [0.717, 1.165) is 33.0 Å². The van der Waals surface area contributed by atoms with E-state index in [2.05, 4.69) is 15.5 Å². The predicted molar refractivity (Wildman–Crippen MR) is 105 cm³/mol. The molecule has 0 saturated heterocycles. The molecule has 0 radical (unpaired) electrons. The van der Waals surface area contributed by atoms with Crippen molar-refractivity contribution in [3.63, 3.8) is 0 Å². The van der Waals surface area contributed by atoms with Gasteiger partial charge in [0.25, 0.3) is 0 Å². The first-order valence-electron chi connectivity index (χ1n) is 8.70. The van der Waals surface area contributed by atoms with Gasteiger partial charge in [0.1, 0.15) is 0 Å². The molecule has 7 heteroatoms. The first-order chi connectivity index (χ1) is 12.2. The number of carbonyl (C=O) groups is 1. The topological polar surface area (TPSA) is 54.9 Å². The fourth-order valence-electron chi connectivity index (χ4n) is 3.07. The van der Waals surface area contributed by atoms with Crippen LogP contribution in [0.1, 0.15) is 50.5 Å². The van der Waals surface area contributed by atoms with Crippen molar-refractivity contribution >= 4 is 45.7 Å². The Morgan fingerprint density at radius 1 is 1.24 bits per heavy atom. The van der Waals surface area contributed by atoms with Crippen LogP contribution in [0.4, 0.5) is 5.13 Å². The third kappa shape index (κ3) is 5.97. The number of nitrogens with one attached hydrogen (secondary N) is 1. The van der Waals surface area contributed by atoms with Crippen LogP contribution in [-0.4, -0.2) is 16.1 Å². The van der Waals surface area contributed by atoms with Gasteiger partial charge in [0.2, 0.25) is 11.0 Å². The molecule has 1 N–H and O–H groups in total. The van der Waals surface area contributed by atoms with E-state index in [9.17, 15) is 4.79 Å². The average molecular weight is 396 g/mol. The number of hydrogen-bond acceptors (Lipinski definition) is 5. The summed E-state index contributed by atoms with van der Waals surface area (Å²) >= 11 is 9.15. The van der Waals surface area contributed by atoms with Gasteiger partial charge >= 0.3 is 0 Å². The average Bonchev–Trinajstić information content (AvgIpc) is 3.07. The molecule has 2 aromatic rings. The van der Waals surface area contributed by atoms with Gasteiger partial charge in [-0.25, -0.2) is 0 Å². The highest BCUT2D eigenvalue weighted by Gasteiger charge is 2.16. The summed E-state index contributed by atoms with van der Waals surface area (Å²) in [5.74, 6) is 1.50. The standard InChI is InChI=1S/C18H22ClN3OS2/c19-15-9-5-4-8-14(15)12-24-18-22-21-17(25-18)20-16(23)11-10-13-6-2-1-3-7-13/h4-5,8-9,13H,1-3,6-7,10-12H2,(H,20,21,23). The van der Waals surface area contributed by atoms with Crippen molar-refractivity contribution in [2.75, 3.05) is 5.32 Å². The number of benzene rings is 1. The fraction of sp³-hybridized carbons (Fsp3) is 0.500. The van der Waals surface area contributed by atoms with Gasteiger partial charge in [0.05, 0.1) is 0 Å². The SMILES string of the molecule is O=C(CCC1CCCCC1)Nc1nnc(SCc2ccccc2Cl)s1. The van der Waals surface area contributed by atoms with Crippen LogP contribution < -0.4 is 5.32 Å². The molecule has 1 saturated carbocycles. The molecule has 0 atom stereocenters. The lowest BCUT2D eigenvalue weighted by Crippen LogP contribution is -2.14. The van der Waals surface area contributed by atoms with Crippen LogP contribution in [0.5, 0.6) is 0 Å². The molecule has 1 amide bonds. The van der Waals surface area contributed by atoms with Crippen molar-refractivity contribution in [3.8, 4) is 0 Å². The third-order valence-electron chi connectivity index (χ3n) is 4.47. The Hall–Kier alpha value is -1.11. The molecule has 1 fully saturated rings. The summed E-state index contributed by atoms with van der Waals surface area (Å²) in [4.78, 5) is 12.1. The van der Waals surface area contributed by atoms with Gasteiger partial charge in [0, 0.05) is 17.2 Å². The molecule has 1 aromatic heterocycles. The molecule has 1 aliphatic carbocycles. The number of amides is 1. The van der Waals surface area contributed by atoms with Crippen molar-refractivity contribution in [1.82, 2.24) is 10.2 Å². The first-order valence-corrected chi connectivity index (χ1v) is 10.9. The van der Waals surface area contributed by atoms with Gasteiger partial charge in [0.15, 0.2) is 4.34 Å². The molecule has 134 valence electrons. The first kappa shape index (κ1) is 18.7. The van der Waals surface area contributed by atoms with E-state index in [1.165, 1.54) is 43.4 Å². The van der Waals surface area contributed by atoms with Crippen LogP contribution in [0.25, 0.3) is 0 Å². The lowest BCUT2D eigenvalue weighted by atomic mass is 9.86. The van der Waals surface area contributed by atoms with Crippen molar-refractivity contribution in [2.45, 2.75) is 55.0 Å². The number of aromatic nitrogens is 2. The molecular weight excluding hydrogens is 374 g/mol. The Kier molecular flexibility index (Phi) is 7.13. The number of carbonyl (C=O) groups excluding carboxylic acids is 1. The summed E-state index contributed by atoms with van der Waals surface area (Å²) < 4.78 is 0.836. The molecule has 0 spiro atoms. The minimum atomic E-state index is 0.0457. The number of nitrogens with zero attached hydrogens (tertiary/aromatic N) is 2. The van der Waals surface area contributed by atoms with E-state index in [-0.39, 0.29) is 5.91 Å². The third-order valence-corrected chi connectivity index (χ3v) is 6.86. The normalized spacial score (nSPS) is 15.2. The second-order valence-corrected chi connectivity index (χ2v) is 8.95. The summed E-state index contributed by atoms with van der Waals surface area (Å²) in [5.41, 5.74) is 1.07. The maximum absolute atomic E-state index is 12.1. The predicted octanol–water partition coefficient (Wildman–Crippen LogP) is 5.78. The van der Waals surface area contributed by atoms with Crippen LogP contribution in [0.3, 0.4) is 0 Å². The van der Waals surface area contributed by atoms with E-state index in [0.29, 0.717) is 11.6 Å². The van der Waals surface area contributed by atoms with Gasteiger partial charge < -0.3 is 5.32 Å². The zero-order valence-electron chi connectivity index (χ0n) is 14.0. The van der Waals surface area contributed by atoms with Crippen molar-refractivity contribution in [3.05, 3.63) is 34.9 Å². The molecule has 3 rings (SSSR count). The van der Waals surface area contributed by atoms with Gasteiger partial charge in [-0.3, -0.25) is 4.79 Å². The molecule has 1 aliphatic rings. The second-order valence-electron chi connectivity index (χ2n) is 6.34. The molecule has 0 aliphatic heterocycles. The number of halogens is 1. The van der Waals surface area contributed by atoms with Gasteiger partial charge in [-0.1, -0.05) is 85.0 Å². The van der Waals surface area contributed by atoms with Crippen molar-refractivity contribution < 1.29 is 4.79 Å². The van der Waals surface area contributed by atoms with Gasteiger partial charge in [-0.2, -0.15) is 0 Å². The summed E-state index contributed by atoms with van der Waals surface area (Å²) in [6, 6.07) is 7.78. The molecule has 1 aromatic carbocycles. The lowest BCUT2D eigenvalue weighted by molar-refractivity contribution is -0.116. The smallest absolute Gasteiger partial charge is 0.226 e. The van der Waals surface area contributed by atoms with Crippen molar-refractivity contribution in [1.29, 1.82) is 0 Å². The van der Waals surface area contributed by atoms with E-state index in [1.54, 1.807) is 11.8 Å². The summed E-state index contributed by atoms with van der Waals surface area (Å²) in [5, 5.41) is 12.4. The van der Waals surface area contributed by atoms with Crippen LogP contribution in [-0.2, 0) is 10.5 Å². The fourth-order valence-corrected chi connectivity index (χ4v) is 5.12. The monoisotopic (exact) mass is 395 g/mol. The Morgan fingerprint density at radius 2 is 2.04 bits per heavy atom. The van der Waals surface area contributed by atoms with Crippen LogP contribution in [0.15, 0.2) is 28.6 Å². The summed E-state index contributed by atoms with van der Waals surface area (Å²) in [6.07, 6.45) is 8.08. The quantitative estimate of drug-likeness (QED) is 0.476. The largest absolute Gasteiger partial charge is 0.301 e. The molecule has 0 bridgehead atoms. The van der Waals surface area contributed by atoms with Gasteiger partial charge in [-0.15, -0.1) is 10.2 Å². The number of thioether (sulfide) groups is 1. The summed E-state index contributed by atoms with van der Waals surface area (Å²) in [6.45, 7) is 0. The van der Waals surface area contributed by atoms with E-state index in [4.69, 9.17) is 11.6 Å². The highest BCUT2D eigenvalue weighted by atomic mass is 35.5. The van der Waals surface area contributed by atoms with E-state index in [1.807, 2.05) is 24.3 Å². The Bertz CT molecular complexity index is 701. The molecule has 25 heavy (non-hydrogen) atoms. The minimum Gasteiger partial charge on any atom is -0.301 e. The molecule has 1 heterocycles. The van der Waals surface area contributed by atoms with Crippen LogP contribution >= 0.6 is 34.7 Å². The Labute approximate surface area is 161 Å². The zero-order chi connectivity index (χ0) is 17.5. The van der Waals surface area contributed by atoms with E-state index < -0.39 is 0 Å². The Morgan fingerprint density at radius 3 is 2.84 bits per heavy atom. The maximum Gasteiger partial charge on any atom is 0.226 e. The number of hydrogen-bond donors (Lipinski definition) is 1. The summed E-state index contributed by atoms with van der Waals surface area (Å²) in [7, 11) is 0. The van der Waals surface area contributed by atoms with E-state index >= 15 is 0 Å².